The summed E-state index contributed by atoms with van der Waals surface area (Å²) in [5.74, 6) is -0.180. The van der Waals surface area contributed by atoms with Crippen molar-refractivity contribution >= 4 is 5.91 Å². The summed E-state index contributed by atoms with van der Waals surface area (Å²) >= 11 is 0. The summed E-state index contributed by atoms with van der Waals surface area (Å²) in [5.41, 5.74) is 0. The van der Waals surface area contributed by atoms with Crippen LogP contribution in [0.25, 0.3) is 0 Å². The third-order valence-electron chi connectivity index (χ3n) is 10.4. The molecular weight excluding hydrogens is 646 g/mol. The third kappa shape index (κ3) is 24.8. The van der Waals surface area contributed by atoms with Crippen LogP contribution in [-0.4, -0.2) is 87.5 Å². The van der Waals surface area contributed by atoms with Gasteiger partial charge in [-0.05, 0) is 19.3 Å². The Hall–Kier alpha value is -1.07. The Balaban J connectivity index is 2.19. The second kappa shape index (κ2) is 33.5. The van der Waals surface area contributed by atoms with E-state index < -0.39 is 49.5 Å². The van der Waals surface area contributed by atoms with E-state index in [1.807, 2.05) is 6.08 Å². The van der Waals surface area contributed by atoms with E-state index >= 15 is 0 Å². The highest BCUT2D eigenvalue weighted by Gasteiger charge is 2.44. The van der Waals surface area contributed by atoms with Crippen molar-refractivity contribution in [1.82, 2.24) is 5.32 Å². The Kier molecular flexibility index (Phi) is 31.5. The molecule has 0 radical (unpaired) electrons. The maximum absolute atomic E-state index is 12.8. The molecule has 51 heavy (non-hydrogen) atoms. The molecule has 7 unspecified atom stereocenters. The first-order chi connectivity index (χ1) is 24.8. The topological polar surface area (TPSA) is 149 Å². The van der Waals surface area contributed by atoms with Gasteiger partial charge in [0.25, 0.3) is 0 Å². The van der Waals surface area contributed by atoms with Crippen molar-refractivity contribution in [2.45, 2.75) is 236 Å². The number of aliphatic hydroxyl groups excluding tert-OH is 5. The normalized spacial score (nSPS) is 22.1. The minimum Gasteiger partial charge on any atom is -0.394 e. The fraction of sp³-hybridized carbons (Fsp3) is 0.929. The average molecular weight is 728 g/mol. The largest absolute Gasteiger partial charge is 0.394 e. The van der Waals surface area contributed by atoms with E-state index in [1.54, 1.807) is 6.08 Å². The Morgan fingerprint density at radius 1 is 0.647 bits per heavy atom. The van der Waals surface area contributed by atoms with Crippen LogP contribution in [0.2, 0.25) is 0 Å². The number of carbonyl (C=O) groups excluding carboxylic acids is 1. The van der Waals surface area contributed by atoms with Gasteiger partial charge in [-0.25, -0.2) is 0 Å². The van der Waals surface area contributed by atoms with Gasteiger partial charge in [0.05, 0.1) is 25.4 Å². The number of amides is 1. The van der Waals surface area contributed by atoms with Gasteiger partial charge in [0.15, 0.2) is 6.29 Å². The lowest BCUT2D eigenvalue weighted by Gasteiger charge is -2.40. The minimum absolute atomic E-state index is 0.180. The molecule has 1 aliphatic rings. The summed E-state index contributed by atoms with van der Waals surface area (Å²) in [7, 11) is 0. The zero-order chi connectivity index (χ0) is 37.4. The summed E-state index contributed by atoms with van der Waals surface area (Å²) in [5, 5.41) is 53.7. The van der Waals surface area contributed by atoms with Gasteiger partial charge in [0.1, 0.15) is 24.4 Å². The highest BCUT2D eigenvalue weighted by molar-refractivity contribution is 5.76. The molecule has 0 aromatic carbocycles. The maximum Gasteiger partial charge on any atom is 0.220 e. The minimum atomic E-state index is -1.56. The number of nitrogens with one attached hydrogen (secondary N) is 1. The number of hydrogen-bond donors (Lipinski definition) is 6. The van der Waals surface area contributed by atoms with Crippen LogP contribution in [0.15, 0.2) is 12.2 Å². The monoisotopic (exact) mass is 728 g/mol. The van der Waals surface area contributed by atoms with E-state index in [0.717, 1.165) is 44.9 Å². The zero-order valence-corrected chi connectivity index (χ0v) is 32.9. The van der Waals surface area contributed by atoms with Gasteiger partial charge < -0.3 is 40.3 Å². The van der Waals surface area contributed by atoms with E-state index in [9.17, 15) is 30.3 Å². The number of unbranched alkanes of at least 4 members (excludes halogenated alkanes) is 25. The number of carbonyl (C=O) groups is 1. The fourth-order valence-corrected chi connectivity index (χ4v) is 6.86. The molecule has 0 bridgehead atoms. The van der Waals surface area contributed by atoms with Gasteiger partial charge >= 0.3 is 0 Å². The van der Waals surface area contributed by atoms with Crippen molar-refractivity contribution in [1.29, 1.82) is 0 Å². The third-order valence-corrected chi connectivity index (χ3v) is 10.4. The molecule has 0 spiro atoms. The first kappa shape index (κ1) is 48.0. The highest BCUT2D eigenvalue weighted by Crippen LogP contribution is 2.22. The summed E-state index contributed by atoms with van der Waals surface area (Å²) < 4.78 is 11.1. The first-order valence-electron chi connectivity index (χ1n) is 21.4. The van der Waals surface area contributed by atoms with Crippen LogP contribution in [0.4, 0.5) is 0 Å². The van der Waals surface area contributed by atoms with E-state index in [-0.39, 0.29) is 12.5 Å². The molecule has 6 N–H and O–H groups in total. The second-order valence-corrected chi connectivity index (χ2v) is 15.1. The van der Waals surface area contributed by atoms with Crippen LogP contribution in [-0.2, 0) is 14.3 Å². The number of rotatable bonds is 35. The summed E-state index contributed by atoms with van der Waals surface area (Å²) in [6, 6.07) is -0.795. The Bertz CT molecular complexity index is 812. The average Bonchev–Trinajstić information content (AvgIpc) is 3.13. The Morgan fingerprint density at radius 2 is 1.08 bits per heavy atom. The van der Waals surface area contributed by atoms with Crippen LogP contribution in [0.1, 0.15) is 194 Å². The maximum atomic E-state index is 12.8. The molecule has 1 saturated heterocycles. The lowest BCUT2D eigenvalue weighted by molar-refractivity contribution is -0.302. The van der Waals surface area contributed by atoms with Crippen molar-refractivity contribution < 1.29 is 39.8 Å². The molecule has 9 heteroatoms. The molecule has 0 aromatic heterocycles. The molecule has 302 valence electrons. The Morgan fingerprint density at radius 3 is 1.53 bits per heavy atom. The molecule has 0 aliphatic carbocycles. The van der Waals surface area contributed by atoms with Gasteiger partial charge in [0.2, 0.25) is 5.91 Å². The fourth-order valence-electron chi connectivity index (χ4n) is 6.86. The van der Waals surface area contributed by atoms with Crippen molar-refractivity contribution in [2.24, 2.45) is 0 Å². The number of hydrogen-bond acceptors (Lipinski definition) is 8. The van der Waals surface area contributed by atoms with E-state index in [0.29, 0.717) is 6.42 Å². The van der Waals surface area contributed by atoms with Crippen LogP contribution >= 0.6 is 0 Å². The molecule has 1 heterocycles. The molecule has 7 atom stereocenters. The summed E-state index contributed by atoms with van der Waals surface area (Å²) in [4.78, 5) is 12.8. The number of aliphatic hydroxyl groups is 5. The van der Waals surface area contributed by atoms with Crippen molar-refractivity contribution in [2.75, 3.05) is 13.2 Å². The van der Waals surface area contributed by atoms with Crippen LogP contribution in [0.3, 0.4) is 0 Å². The summed E-state index contributed by atoms with van der Waals surface area (Å²) in [6.07, 6.45) is 30.1. The lowest BCUT2D eigenvalue weighted by Crippen LogP contribution is -2.60. The van der Waals surface area contributed by atoms with Crippen LogP contribution in [0.5, 0.6) is 0 Å². The first-order valence-corrected chi connectivity index (χ1v) is 21.4. The quantitative estimate of drug-likeness (QED) is 0.0283. The predicted molar refractivity (Wildman–Crippen MR) is 207 cm³/mol. The zero-order valence-electron chi connectivity index (χ0n) is 32.9. The smallest absolute Gasteiger partial charge is 0.220 e. The molecule has 1 amide bonds. The second-order valence-electron chi connectivity index (χ2n) is 15.1. The van der Waals surface area contributed by atoms with Crippen molar-refractivity contribution in [3.63, 3.8) is 0 Å². The van der Waals surface area contributed by atoms with Gasteiger partial charge in [-0.1, -0.05) is 180 Å². The van der Waals surface area contributed by atoms with Crippen molar-refractivity contribution in [3.05, 3.63) is 12.2 Å². The number of ether oxygens (including phenoxy) is 2. The predicted octanol–water partition coefficient (Wildman–Crippen LogP) is 8.17. The molecule has 9 nitrogen and oxygen atoms in total. The van der Waals surface area contributed by atoms with Crippen LogP contribution < -0.4 is 5.32 Å². The molecular formula is C42H81NO8. The number of allylic oxidation sites excluding steroid dienone is 1. The van der Waals surface area contributed by atoms with E-state index in [1.165, 1.54) is 128 Å². The Labute approximate surface area is 312 Å². The van der Waals surface area contributed by atoms with Gasteiger partial charge in [-0.3, -0.25) is 4.79 Å². The molecule has 0 saturated carbocycles. The van der Waals surface area contributed by atoms with Crippen LogP contribution in [0, 0.1) is 0 Å². The molecule has 1 aliphatic heterocycles. The van der Waals surface area contributed by atoms with Crippen molar-refractivity contribution in [3.8, 4) is 0 Å². The van der Waals surface area contributed by atoms with E-state index in [4.69, 9.17) is 9.47 Å². The van der Waals surface area contributed by atoms with Gasteiger partial charge in [0, 0.05) is 6.42 Å². The van der Waals surface area contributed by atoms with E-state index in [2.05, 4.69) is 19.2 Å². The highest BCUT2D eigenvalue weighted by atomic mass is 16.7. The van der Waals surface area contributed by atoms with Gasteiger partial charge in [-0.2, -0.15) is 0 Å². The molecule has 1 rings (SSSR count). The van der Waals surface area contributed by atoms with Gasteiger partial charge in [-0.15, -0.1) is 0 Å². The summed E-state index contributed by atoms with van der Waals surface area (Å²) in [6.45, 7) is 3.69. The molecule has 1 fully saturated rings. The lowest BCUT2D eigenvalue weighted by atomic mass is 9.99. The SMILES string of the molecule is CCCCCC/C=C/C(O)C(COC1OC(CO)C(O)C(O)C1O)NC(=O)CCCCCCCCCCCCCCCCCCCCCCCC. The standard InChI is InChI=1S/C42H81NO8/c1-3-5-7-9-11-12-13-14-15-16-17-18-19-20-21-22-23-24-25-26-28-30-32-38(46)43-35(36(45)31-29-27-10-8-6-4-2)34-50-42-41(49)40(48)39(47)37(33-44)51-42/h29,31,35-37,39-42,44-45,47-49H,3-28,30,32-34H2,1-2H3,(H,43,46)/b31-29+. The molecule has 0 aromatic rings.